The van der Waals surface area contributed by atoms with Gasteiger partial charge in [-0.3, -0.25) is 14.0 Å². The zero-order valence-electron chi connectivity index (χ0n) is 12.5. The highest BCUT2D eigenvalue weighted by Gasteiger charge is 2.11. The molecular formula is C16H16N2O4S. The number of nitrogens with one attached hydrogen (secondary N) is 1. The van der Waals surface area contributed by atoms with Crippen molar-refractivity contribution in [1.82, 2.24) is 10.3 Å². The molecule has 1 heterocycles. The van der Waals surface area contributed by atoms with E-state index in [2.05, 4.69) is 15.0 Å². The van der Waals surface area contributed by atoms with Crippen LogP contribution in [0.15, 0.2) is 53.6 Å². The van der Waals surface area contributed by atoms with Crippen molar-refractivity contribution in [2.45, 2.75) is 4.90 Å². The summed E-state index contributed by atoms with van der Waals surface area (Å²) < 4.78 is 16.6. The van der Waals surface area contributed by atoms with Gasteiger partial charge in [-0.05, 0) is 24.3 Å². The molecule has 0 bridgehead atoms. The third kappa shape index (κ3) is 4.72. The number of pyridine rings is 1. The van der Waals surface area contributed by atoms with E-state index in [9.17, 15) is 13.8 Å². The van der Waals surface area contributed by atoms with Crippen LogP contribution in [-0.4, -0.2) is 40.5 Å². The zero-order valence-corrected chi connectivity index (χ0v) is 13.3. The third-order valence-electron chi connectivity index (χ3n) is 3.00. The fourth-order valence-electron chi connectivity index (χ4n) is 1.80. The summed E-state index contributed by atoms with van der Waals surface area (Å²) in [7, 11) is 0.110. The molecular weight excluding hydrogens is 316 g/mol. The average molecular weight is 332 g/mol. The number of carbonyl (C=O) groups excluding carboxylic acids is 2. The molecule has 0 saturated heterocycles. The second kappa shape index (κ2) is 8.19. The van der Waals surface area contributed by atoms with E-state index in [1.165, 1.54) is 25.4 Å². The van der Waals surface area contributed by atoms with E-state index in [-0.39, 0.29) is 23.7 Å². The summed E-state index contributed by atoms with van der Waals surface area (Å²) in [6.45, 7) is 0.265. The van der Waals surface area contributed by atoms with Crippen LogP contribution in [0.25, 0.3) is 0 Å². The molecule has 2 aromatic rings. The maximum absolute atomic E-state index is 12.0. The van der Waals surface area contributed by atoms with Crippen LogP contribution in [0.3, 0.4) is 0 Å². The zero-order chi connectivity index (χ0) is 16.7. The predicted molar refractivity (Wildman–Crippen MR) is 85.6 cm³/mol. The van der Waals surface area contributed by atoms with Gasteiger partial charge < -0.3 is 10.1 Å². The van der Waals surface area contributed by atoms with Gasteiger partial charge in [0.1, 0.15) is 5.69 Å². The summed E-state index contributed by atoms with van der Waals surface area (Å²) in [5.41, 5.74) is 0.456. The van der Waals surface area contributed by atoms with Crippen molar-refractivity contribution in [2.24, 2.45) is 0 Å². The van der Waals surface area contributed by atoms with Gasteiger partial charge in [-0.1, -0.05) is 18.2 Å². The van der Waals surface area contributed by atoms with Crippen molar-refractivity contribution >= 4 is 22.7 Å². The van der Waals surface area contributed by atoms with Crippen LogP contribution in [-0.2, 0) is 15.5 Å². The van der Waals surface area contributed by atoms with Crippen LogP contribution in [0, 0.1) is 0 Å². The van der Waals surface area contributed by atoms with Crippen molar-refractivity contribution in [3.8, 4) is 0 Å². The lowest BCUT2D eigenvalue weighted by Crippen LogP contribution is -2.28. The monoisotopic (exact) mass is 332 g/mol. The minimum atomic E-state index is -1.16. The number of esters is 1. The number of ether oxygens (including phenoxy) is 1. The Bertz CT molecular complexity index is 702. The Morgan fingerprint density at radius 2 is 1.91 bits per heavy atom. The molecule has 0 radical (unpaired) electrons. The van der Waals surface area contributed by atoms with Gasteiger partial charge in [-0.15, -0.1) is 0 Å². The third-order valence-corrected chi connectivity index (χ3v) is 4.37. The Kier molecular flexibility index (Phi) is 5.99. The van der Waals surface area contributed by atoms with E-state index >= 15 is 0 Å². The van der Waals surface area contributed by atoms with Gasteiger partial charge >= 0.3 is 5.97 Å². The fraction of sp³-hybridized carbons (Fsp3) is 0.188. The molecule has 1 aromatic carbocycles. The normalized spacial score (nSPS) is 11.5. The molecule has 2 rings (SSSR count). The van der Waals surface area contributed by atoms with E-state index in [1.807, 2.05) is 18.2 Å². The first-order valence-electron chi connectivity index (χ1n) is 6.88. The van der Waals surface area contributed by atoms with Gasteiger partial charge in [-0.25, -0.2) is 4.79 Å². The number of amides is 1. The molecule has 1 N–H and O–H groups in total. The highest BCUT2D eigenvalue weighted by atomic mass is 32.2. The molecule has 7 heteroatoms. The van der Waals surface area contributed by atoms with Gasteiger partial charge in [0.05, 0.1) is 23.5 Å². The highest BCUT2D eigenvalue weighted by Crippen LogP contribution is 2.05. The van der Waals surface area contributed by atoms with Gasteiger partial charge in [-0.2, -0.15) is 0 Å². The number of hydrogen-bond donors (Lipinski definition) is 1. The van der Waals surface area contributed by atoms with E-state index in [1.54, 1.807) is 12.1 Å². The quantitative estimate of drug-likeness (QED) is 0.808. The van der Waals surface area contributed by atoms with Crippen molar-refractivity contribution in [3.05, 3.63) is 59.9 Å². The van der Waals surface area contributed by atoms with Crippen molar-refractivity contribution < 1.29 is 18.5 Å². The number of hydrogen-bond acceptors (Lipinski definition) is 5. The Hall–Kier alpha value is -2.54. The van der Waals surface area contributed by atoms with Crippen molar-refractivity contribution in [2.75, 3.05) is 19.4 Å². The molecule has 1 aromatic heterocycles. The molecule has 0 saturated carbocycles. The van der Waals surface area contributed by atoms with Gasteiger partial charge in [0, 0.05) is 23.4 Å². The van der Waals surface area contributed by atoms with Crippen LogP contribution < -0.4 is 5.32 Å². The second-order valence-electron chi connectivity index (χ2n) is 4.54. The summed E-state index contributed by atoms with van der Waals surface area (Å²) >= 11 is 0. The van der Waals surface area contributed by atoms with Gasteiger partial charge in [0.25, 0.3) is 5.91 Å². The van der Waals surface area contributed by atoms with E-state index in [0.29, 0.717) is 5.75 Å². The first-order chi connectivity index (χ1) is 11.1. The molecule has 1 atom stereocenters. The number of nitrogens with zero attached hydrogens (tertiary/aromatic N) is 1. The number of benzene rings is 1. The maximum atomic E-state index is 12.0. The number of rotatable bonds is 6. The molecule has 23 heavy (non-hydrogen) atoms. The molecule has 0 fully saturated rings. The molecule has 120 valence electrons. The Morgan fingerprint density at radius 3 is 2.52 bits per heavy atom. The van der Waals surface area contributed by atoms with Crippen LogP contribution in [0.4, 0.5) is 0 Å². The number of carbonyl (C=O) groups is 2. The lowest BCUT2D eigenvalue weighted by atomic mass is 10.2. The highest BCUT2D eigenvalue weighted by molar-refractivity contribution is 7.85. The molecule has 0 unspecified atom stereocenters. The summed E-state index contributed by atoms with van der Waals surface area (Å²) in [5.74, 6) is -0.579. The van der Waals surface area contributed by atoms with Crippen molar-refractivity contribution in [1.29, 1.82) is 0 Å². The minimum Gasteiger partial charge on any atom is -0.465 e. The van der Waals surface area contributed by atoms with E-state index in [4.69, 9.17) is 0 Å². The number of aromatic nitrogens is 1. The summed E-state index contributed by atoms with van der Waals surface area (Å²) in [6, 6.07) is 12.0. The molecule has 0 aliphatic heterocycles. The Labute approximate surface area is 136 Å². The van der Waals surface area contributed by atoms with Gasteiger partial charge in [0.2, 0.25) is 0 Å². The van der Waals surface area contributed by atoms with Crippen molar-refractivity contribution in [3.63, 3.8) is 0 Å². The van der Waals surface area contributed by atoms with Crippen LogP contribution in [0.1, 0.15) is 20.8 Å². The van der Waals surface area contributed by atoms with E-state index in [0.717, 1.165) is 4.90 Å². The standard InChI is InChI=1S/C16H16N2O4S/c1-22-16(20)12-7-8-14(18-11-12)15(19)17-9-10-23(21)13-5-3-2-4-6-13/h2-8,11H,9-10H2,1H3,(H,17,19)/t23-/m1/s1. The minimum absolute atomic E-state index is 0.183. The van der Waals surface area contributed by atoms with Crippen LogP contribution in [0.5, 0.6) is 0 Å². The lowest BCUT2D eigenvalue weighted by Gasteiger charge is -2.05. The lowest BCUT2D eigenvalue weighted by molar-refractivity contribution is 0.0599. The first-order valence-corrected chi connectivity index (χ1v) is 8.19. The number of methoxy groups -OCH3 is 1. The summed E-state index contributed by atoms with van der Waals surface area (Å²) in [5, 5.41) is 2.65. The van der Waals surface area contributed by atoms with Crippen LogP contribution >= 0.6 is 0 Å². The molecule has 0 aliphatic rings. The molecule has 6 nitrogen and oxygen atoms in total. The topological polar surface area (TPSA) is 85.4 Å². The Morgan fingerprint density at radius 1 is 1.17 bits per heavy atom. The van der Waals surface area contributed by atoms with Gasteiger partial charge in [0.15, 0.2) is 0 Å². The second-order valence-corrected chi connectivity index (χ2v) is 6.11. The maximum Gasteiger partial charge on any atom is 0.339 e. The molecule has 1 amide bonds. The summed E-state index contributed by atoms with van der Waals surface area (Å²) in [6.07, 6.45) is 1.28. The largest absolute Gasteiger partial charge is 0.465 e. The first kappa shape index (κ1) is 16.8. The molecule has 0 aliphatic carbocycles. The fourth-order valence-corrected chi connectivity index (χ4v) is 2.79. The smallest absolute Gasteiger partial charge is 0.339 e. The Balaban J connectivity index is 1.85. The SMILES string of the molecule is COC(=O)c1ccc(C(=O)NCC[S@@](=O)c2ccccc2)nc1. The summed E-state index contributed by atoms with van der Waals surface area (Å²) in [4.78, 5) is 27.8. The van der Waals surface area contributed by atoms with E-state index < -0.39 is 16.8 Å². The average Bonchev–Trinajstić information content (AvgIpc) is 2.61. The van der Waals surface area contributed by atoms with Crippen LogP contribution in [0.2, 0.25) is 0 Å². The predicted octanol–water partition coefficient (Wildman–Crippen LogP) is 1.41. The molecule has 0 spiro atoms.